The highest BCUT2D eigenvalue weighted by Gasteiger charge is 2.14. The average molecular weight is 328 g/mol. The first-order chi connectivity index (χ1) is 12.7. The highest BCUT2D eigenvalue weighted by atomic mass is 14.3. The van der Waals surface area contributed by atoms with Crippen molar-refractivity contribution in [1.82, 2.24) is 0 Å². The van der Waals surface area contributed by atoms with Crippen LogP contribution in [0.3, 0.4) is 0 Å². The fourth-order valence-electron chi connectivity index (χ4n) is 3.41. The quantitative estimate of drug-likeness (QED) is 0.439. The van der Waals surface area contributed by atoms with Gasteiger partial charge in [-0.1, -0.05) is 24.3 Å². The third-order valence-electron chi connectivity index (χ3n) is 4.59. The molecule has 0 unspecified atom stereocenters. The van der Waals surface area contributed by atoms with Gasteiger partial charge in [0.05, 0.1) is 22.3 Å². The van der Waals surface area contributed by atoms with E-state index >= 15 is 0 Å². The molecular weight excluding hydrogens is 320 g/mol. The third-order valence-corrected chi connectivity index (χ3v) is 4.59. The predicted molar refractivity (Wildman–Crippen MR) is 97.8 cm³/mol. The third kappa shape index (κ3) is 1.98. The van der Waals surface area contributed by atoms with E-state index in [0.29, 0.717) is 22.3 Å². The zero-order valence-electron chi connectivity index (χ0n) is 13.4. The molecule has 0 N–H and O–H groups in total. The van der Waals surface area contributed by atoms with E-state index in [1.54, 1.807) is 24.3 Å². The number of hydrogen-bond donors (Lipinski definition) is 0. The van der Waals surface area contributed by atoms with Gasteiger partial charge in [0.15, 0.2) is 0 Å². The van der Waals surface area contributed by atoms with Crippen LogP contribution in [0.25, 0.3) is 32.3 Å². The number of hydrogen-bond acceptors (Lipinski definition) is 4. The van der Waals surface area contributed by atoms with Gasteiger partial charge in [-0.3, -0.25) is 0 Å². The first-order valence-corrected chi connectivity index (χ1v) is 7.78. The highest BCUT2D eigenvalue weighted by Crippen LogP contribution is 2.37. The molecule has 4 aromatic carbocycles. The van der Waals surface area contributed by atoms with E-state index in [0.717, 1.165) is 32.3 Å². The van der Waals surface area contributed by atoms with Gasteiger partial charge in [-0.2, -0.15) is 21.0 Å². The number of fused-ring (bicyclic) bond motifs is 6. The average Bonchev–Trinajstić information content (AvgIpc) is 2.71. The van der Waals surface area contributed by atoms with Crippen molar-refractivity contribution in [2.75, 3.05) is 0 Å². The standard InChI is InChI=1S/C22H8N4/c23-9-13-5-19-17-3-1-2-4-18(17)20-6-14(10-24)16(12-26)8-22(20)21(19)7-15(13)11-25/h1-8H. The van der Waals surface area contributed by atoms with Crippen LogP contribution in [0.4, 0.5) is 0 Å². The lowest BCUT2D eigenvalue weighted by molar-refractivity contribution is 1.44. The topological polar surface area (TPSA) is 95.2 Å². The summed E-state index contributed by atoms with van der Waals surface area (Å²) in [5.41, 5.74) is 1.22. The van der Waals surface area contributed by atoms with Crippen LogP contribution in [0.15, 0.2) is 48.5 Å². The summed E-state index contributed by atoms with van der Waals surface area (Å²) in [6.07, 6.45) is 0. The Kier molecular flexibility index (Phi) is 3.27. The molecule has 0 amide bonds. The van der Waals surface area contributed by atoms with Crippen LogP contribution < -0.4 is 0 Å². The van der Waals surface area contributed by atoms with Gasteiger partial charge in [0, 0.05) is 0 Å². The lowest BCUT2D eigenvalue weighted by Gasteiger charge is -2.12. The molecule has 0 bridgehead atoms. The molecule has 0 spiro atoms. The van der Waals surface area contributed by atoms with Gasteiger partial charge in [0.25, 0.3) is 0 Å². The van der Waals surface area contributed by atoms with Crippen LogP contribution >= 0.6 is 0 Å². The molecule has 0 heterocycles. The normalized spacial score (nSPS) is 10.2. The summed E-state index contributed by atoms with van der Waals surface area (Å²) in [4.78, 5) is 0. The Morgan fingerprint density at radius 3 is 0.962 bits per heavy atom. The molecule has 26 heavy (non-hydrogen) atoms. The summed E-state index contributed by atoms with van der Waals surface area (Å²) < 4.78 is 0. The molecule has 116 valence electrons. The molecule has 4 nitrogen and oxygen atoms in total. The Hall–Kier alpha value is -4.38. The van der Waals surface area contributed by atoms with Gasteiger partial charge in [-0.15, -0.1) is 0 Å². The largest absolute Gasteiger partial charge is 0.192 e. The zero-order chi connectivity index (χ0) is 18.3. The van der Waals surface area contributed by atoms with Crippen LogP contribution in [-0.4, -0.2) is 0 Å². The first kappa shape index (κ1) is 15.2. The summed E-state index contributed by atoms with van der Waals surface area (Å²) in [6.45, 7) is 0. The van der Waals surface area contributed by atoms with Crippen molar-refractivity contribution in [2.24, 2.45) is 0 Å². The molecule has 0 aliphatic heterocycles. The lowest BCUT2D eigenvalue weighted by Crippen LogP contribution is -1.91. The van der Waals surface area contributed by atoms with Gasteiger partial charge >= 0.3 is 0 Å². The summed E-state index contributed by atoms with van der Waals surface area (Å²) in [7, 11) is 0. The predicted octanol–water partition coefficient (Wildman–Crippen LogP) is 4.63. The molecule has 0 aliphatic rings. The minimum Gasteiger partial charge on any atom is -0.192 e. The molecule has 0 saturated heterocycles. The Bertz CT molecular complexity index is 1310. The fourth-order valence-corrected chi connectivity index (χ4v) is 3.41. The summed E-state index contributed by atoms with van der Waals surface area (Å²) >= 11 is 0. The van der Waals surface area contributed by atoms with Crippen molar-refractivity contribution < 1.29 is 0 Å². The van der Waals surface area contributed by atoms with E-state index in [4.69, 9.17) is 0 Å². The van der Waals surface area contributed by atoms with Crippen LogP contribution in [0.1, 0.15) is 22.3 Å². The van der Waals surface area contributed by atoms with Gasteiger partial charge in [0.1, 0.15) is 24.3 Å². The molecule has 0 aliphatic carbocycles. The SMILES string of the molecule is N#Cc1cc2c3ccccc3c3cc(C#N)c(C#N)cc3c2cc1C#N. The number of nitriles is 4. The molecule has 4 rings (SSSR count). The van der Waals surface area contributed by atoms with E-state index in [-0.39, 0.29) is 0 Å². The Labute approximate surface area is 149 Å². The van der Waals surface area contributed by atoms with Crippen molar-refractivity contribution in [1.29, 1.82) is 21.0 Å². The number of benzene rings is 4. The zero-order valence-corrected chi connectivity index (χ0v) is 13.4. The Balaban J connectivity index is 2.38. The molecule has 0 aromatic heterocycles. The van der Waals surface area contributed by atoms with Crippen LogP contribution in [-0.2, 0) is 0 Å². The van der Waals surface area contributed by atoms with Crippen molar-refractivity contribution >= 4 is 32.3 Å². The van der Waals surface area contributed by atoms with Crippen LogP contribution in [0, 0.1) is 45.3 Å². The van der Waals surface area contributed by atoms with E-state index < -0.39 is 0 Å². The van der Waals surface area contributed by atoms with Crippen LogP contribution in [0.5, 0.6) is 0 Å². The maximum atomic E-state index is 9.38. The molecular formula is C22H8N4. The van der Waals surface area contributed by atoms with Crippen molar-refractivity contribution in [3.05, 3.63) is 70.8 Å². The van der Waals surface area contributed by atoms with E-state index in [1.165, 1.54) is 0 Å². The number of rotatable bonds is 0. The second kappa shape index (κ2) is 5.61. The molecule has 0 radical (unpaired) electrons. The summed E-state index contributed by atoms with van der Waals surface area (Å²) in [5, 5.41) is 42.6. The number of nitrogens with zero attached hydrogens (tertiary/aromatic N) is 4. The van der Waals surface area contributed by atoms with E-state index in [1.807, 2.05) is 24.3 Å². The highest BCUT2D eigenvalue weighted by molar-refractivity contribution is 6.26. The van der Waals surface area contributed by atoms with Gasteiger partial charge in [0.2, 0.25) is 0 Å². The van der Waals surface area contributed by atoms with Crippen molar-refractivity contribution in [2.45, 2.75) is 0 Å². The molecule has 4 heteroatoms. The minimum absolute atomic E-state index is 0.291. The van der Waals surface area contributed by atoms with E-state index in [9.17, 15) is 21.0 Å². The van der Waals surface area contributed by atoms with Gasteiger partial charge < -0.3 is 0 Å². The second-order valence-electron chi connectivity index (χ2n) is 5.88. The summed E-state index contributed by atoms with van der Waals surface area (Å²) in [5.74, 6) is 0. The van der Waals surface area contributed by atoms with Gasteiger partial charge in [-0.25, -0.2) is 0 Å². The van der Waals surface area contributed by atoms with Gasteiger partial charge in [-0.05, 0) is 56.6 Å². The van der Waals surface area contributed by atoms with E-state index in [2.05, 4.69) is 24.3 Å². The monoisotopic (exact) mass is 328 g/mol. The smallest absolute Gasteiger partial charge is 0.101 e. The lowest BCUT2D eigenvalue weighted by atomic mass is 9.90. The molecule has 0 saturated carbocycles. The van der Waals surface area contributed by atoms with Crippen molar-refractivity contribution in [3.8, 4) is 24.3 Å². The fraction of sp³-hybridized carbons (Fsp3) is 0. The molecule has 0 fully saturated rings. The Morgan fingerprint density at radius 2 is 0.692 bits per heavy atom. The molecule has 4 aromatic rings. The first-order valence-electron chi connectivity index (χ1n) is 7.78. The maximum Gasteiger partial charge on any atom is 0.101 e. The van der Waals surface area contributed by atoms with Crippen molar-refractivity contribution in [3.63, 3.8) is 0 Å². The molecule has 0 atom stereocenters. The Morgan fingerprint density at radius 1 is 0.423 bits per heavy atom. The van der Waals surface area contributed by atoms with Crippen LogP contribution in [0.2, 0.25) is 0 Å². The summed E-state index contributed by atoms with van der Waals surface area (Å²) in [6, 6.07) is 22.8. The maximum absolute atomic E-state index is 9.38. The minimum atomic E-state index is 0.291. The second-order valence-corrected chi connectivity index (χ2v) is 5.88.